The molecular weight excluding hydrogens is 260 g/mol. The van der Waals surface area contributed by atoms with Crippen molar-refractivity contribution in [3.05, 3.63) is 35.4 Å². The average Bonchev–Trinajstić information content (AvgIpc) is 2.46. The highest BCUT2D eigenvalue weighted by molar-refractivity contribution is 7.80. The molecule has 0 bridgehead atoms. The molecule has 0 saturated carbocycles. The first-order valence-corrected chi connectivity index (χ1v) is 6.83. The van der Waals surface area contributed by atoms with Crippen LogP contribution in [-0.2, 0) is 4.74 Å². The highest BCUT2D eigenvalue weighted by Gasteiger charge is 2.26. The number of amides is 1. The summed E-state index contributed by atoms with van der Waals surface area (Å²) in [4.78, 5) is 14.7. The smallest absolute Gasteiger partial charge is 0.254 e. The molecule has 1 atom stereocenters. The van der Waals surface area contributed by atoms with Gasteiger partial charge in [-0.05, 0) is 18.6 Å². The predicted molar refractivity (Wildman–Crippen MR) is 78.3 cm³/mol. The number of hydrogen-bond acceptors (Lipinski definition) is 3. The summed E-state index contributed by atoms with van der Waals surface area (Å²) in [5.74, 6) is 0.0460. The summed E-state index contributed by atoms with van der Waals surface area (Å²) in [6, 6.07) is 7.29. The number of nitrogens with zero attached hydrogens (tertiary/aromatic N) is 1. The Bertz CT molecular complexity index is 473. The van der Waals surface area contributed by atoms with Crippen molar-refractivity contribution in [3.63, 3.8) is 0 Å². The highest BCUT2D eigenvalue weighted by Crippen LogP contribution is 2.15. The number of ether oxygens (including phenoxy) is 1. The molecular formula is C14H18N2O2S. The van der Waals surface area contributed by atoms with Crippen LogP contribution in [0.5, 0.6) is 0 Å². The lowest BCUT2D eigenvalue weighted by Gasteiger charge is -2.35. The zero-order valence-corrected chi connectivity index (χ0v) is 11.8. The number of rotatable bonds is 3. The Kier molecular flexibility index (Phi) is 4.50. The molecule has 1 aliphatic rings. The standard InChI is InChI=1S/C14H18N2O2S/c1-2-12-9-18-8-7-16(12)14(17)11-5-3-10(4-6-11)13(15)19/h3-6,12H,2,7-9H2,1H3,(H2,15,19). The van der Waals surface area contributed by atoms with Crippen LogP contribution in [0.2, 0.25) is 0 Å². The van der Waals surface area contributed by atoms with Crippen LogP contribution in [0, 0.1) is 0 Å². The van der Waals surface area contributed by atoms with E-state index in [9.17, 15) is 4.79 Å². The number of morpholine rings is 1. The van der Waals surface area contributed by atoms with Crippen LogP contribution in [0.3, 0.4) is 0 Å². The highest BCUT2D eigenvalue weighted by atomic mass is 32.1. The van der Waals surface area contributed by atoms with Crippen LogP contribution >= 0.6 is 12.2 Å². The van der Waals surface area contributed by atoms with Crippen LogP contribution in [0.15, 0.2) is 24.3 Å². The van der Waals surface area contributed by atoms with Crippen LogP contribution in [0.4, 0.5) is 0 Å². The second-order valence-electron chi connectivity index (χ2n) is 4.58. The molecule has 0 radical (unpaired) electrons. The molecule has 0 aromatic heterocycles. The van der Waals surface area contributed by atoms with Gasteiger partial charge < -0.3 is 15.4 Å². The van der Waals surface area contributed by atoms with Gasteiger partial charge in [-0.25, -0.2) is 0 Å². The Morgan fingerprint density at radius 3 is 2.63 bits per heavy atom. The van der Waals surface area contributed by atoms with Crippen molar-refractivity contribution >= 4 is 23.1 Å². The topological polar surface area (TPSA) is 55.6 Å². The molecule has 2 rings (SSSR count). The van der Waals surface area contributed by atoms with Crippen LogP contribution < -0.4 is 5.73 Å². The number of hydrogen-bond donors (Lipinski definition) is 1. The molecule has 1 aliphatic heterocycles. The summed E-state index contributed by atoms with van der Waals surface area (Å²) in [6.45, 7) is 3.93. The maximum atomic E-state index is 12.5. The second-order valence-corrected chi connectivity index (χ2v) is 5.02. The minimum Gasteiger partial charge on any atom is -0.389 e. The van der Waals surface area contributed by atoms with Crippen LogP contribution in [-0.4, -0.2) is 41.6 Å². The Labute approximate surface area is 118 Å². The summed E-state index contributed by atoms with van der Waals surface area (Å²) in [5, 5.41) is 0. The first kappa shape index (κ1) is 14.0. The molecule has 19 heavy (non-hydrogen) atoms. The Morgan fingerprint density at radius 1 is 1.42 bits per heavy atom. The first-order valence-electron chi connectivity index (χ1n) is 6.42. The Morgan fingerprint density at radius 2 is 2.05 bits per heavy atom. The normalized spacial score (nSPS) is 19.2. The summed E-state index contributed by atoms with van der Waals surface area (Å²) in [6.07, 6.45) is 0.900. The molecule has 1 unspecified atom stereocenters. The number of thiocarbonyl (C=S) groups is 1. The van der Waals surface area contributed by atoms with Gasteiger partial charge in [-0.15, -0.1) is 0 Å². The summed E-state index contributed by atoms with van der Waals surface area (Å²) in [7, 11) is 0. The lowest BCUT2D eigenvalue weighted by atomic mass is 10.1. The number of carbonyl (C=O) groups is 1. The molecule has 0 spiro atoms. The van der Waals surface area contributed by atoms with Gasteiger partial charge >= 0.3 is 0 Å². The fourth-order valence-electron chi connectivity index (χ4n) is 2.20. The van der Waals surface area contributed by atoms with E-state index in [2.05, 4.69) is 6.92 Å². The van der Waals surface area contributed by atoms with Gasteiger partial charge in [0, 0.05) is 17.7 Å². The molecule has 1 amide bonds. The number of carbonyl (C=O) groups excluding carboxylic acids is 1. The van der Waals surface area contributed by atoms with E-state index in [0.717, 1.165) is 12.0 Å². The summed E-state index contributed by atoms with van der Waals surface area (Å²) >= 11 is 4.90. The van der Waals surface area contributed by atoms with Crippen molar-refractivity contribution in [3.8, 4) is 0 Å². The zero-order chi connectivity index (χ0) is 13.8. The van der Waals surface area contributed by atoms with Crippen molar-refractivity contribution in [2.45, 2.75) is 19.4 Å². The van der Waals surface area contributed by atoms with E-state index in [-0.39, 0.29) is 11.9 Å². The quantitative estimate of drug-likeness (QED) is 0.853. The van der Waals surface area contributed by atoms with Gasteiger partial charge in [0.15, 0.2) is 0 Å². The van der Waals surface area contributed by atoms with Gasteiger partial charge in [0.05, 0.1) is 19.3 Å². The number of nitrogens with two attached hydrogens (primary N) is 1. The lowest BCUT2D eigenvalue weighted by Crippen LogP contribution is -2.48. The first-order chi connectivity index (χ1) is 9.13. The van der Waals surface area contributed by atoms with Gasteiger partial charge in [-0.3, -0.25) is 4.79 Å². The summed E-state index contributed by atoms with van der Waals surface area (Å²) in [5.41, 5.74) is 6.99. The molecule has 1 saturated heterocycles. The average molecular weight is 278 g/mol. The van der Waals surface area contributed by atoms with Gasteiger partial charge in [-0.2, -0.15) is 0 Å². The van der Waals surface area contributed by atoms with Crippen LogP contribution in [0.1, 0.15) is 29.3 Å². The second kappa shape index (κ2) is 6.12. The van der Waals surface area contributed by atoms with Gasteiger partial charge in [0.2, 0.25) is 0 Å². The molecule has 1 heterocycles. The van der Waals surface area contributed by atoms with E-state index in [0.29, 0.717) is 30.3 Å². The molecule has 5 heteroatoms. The van der Waals surface area contributed by atoms with E-state index >= 15 is 0 Å². The Balaban J connectivity index is 2.16. The minimum absolute atomic E-state index is 0.0460. The summed E-state index contributed by atoms with van der Waals surface area (Å²) < 4.78 is 5.41. The maximum Gasteiger partial charge on any atom is 0.254 e. The van der Waals surface area contributed by atoms with E-state index in [4.69, 9.17) is 22.7 Å². The van der Waals surface area contributed by atoms with Gasteiger partial charge in [0.25, 0.3) is 5.91 Å². The zero-order valence-electron chi connectivity index (χ0n) is 11.0. The van der Waals surface area contributed by atoms with E-state index < -0.39 is 0 Å². The SMILES string of the molecule is CCC1COCCN1C(=O)c1ccc(C(N)=S)cc1. The monoisotopic (exact) mass is 278 g/mol. The maximum absolute atomic E-state index is 12.5. The molecule has 1 aromatic rings. The molecule has 2 N–H and O–H groups in total. The third-order valence-electron chi connectivity index (χ3n) is 3.38. The van der Waals surface area contributed by atoms with Crippen molar-refractivity contribution in [2.75, 3.05) is 19.8 Å². The van der Waals surface area contributed by atoms with Crippen molar-refractivity contribution < 1.29 is 9.53 Å². The lowest BCUT2D eigenvalue weighted by molar-refractivity contribution is -0.00279. The third kappa shape index (κ3) is 3.11. The van der Waals surface area contributed by atoms with Crippen molar-refractivity contribution in [1.82, 2.24) is 4.90 Å². The molecule has 0 aliphatic carbocycles. The molecule has 1 fully saturated rings. The van der Waals surface area contributed by atoms with Gasteiger partial charge in [-0.1, -0.05) is 31.3 Å². The van der Waals surface area contributed by atoms with E-state index in [1.807, 2.05) is 4.90 Å². The molecule has 4 nitrogen and oxygen atoms in total. The van der Waals surface area contributed by atoms with E-state index in [1.165, 1.54) is 0 Å². The number of benzene rings is 1. The predicted octanol–water partition coefficient (Wildman–Crippen LogP) is 1.57. The largest absolute Gasteiger partial charge is 0.389 e. The molecule has 102 valence electrons. The van der Waals surface area contributed by atoms with Crippen LogP contribution in [0.25, 0.3) is 0 Å². The van der Waals surface area contributed by atoms with E-state index in [1.54, 1.807) is 24.3 Å². The fourth-order valence-corrected chi connectivity index (χ4v) is 2.34. The van der Waals surface area contributed by atoms with Crippen molar-refractivity contribution in [1.29, 1.82) is 0 Å². The minimum atomic E-state index is 0.0460. The fraction of sp³-hybridized carbons (Fsp3) is 0.429. The Hall–Kier alpha value is -1.46. The van der Waals surface area contributed by atoms with Gasteiger partial charge in [0.1, 0.15) is 4.99 Å². The third-order valence-corrected chi connectivity index (χ3v) is 3.61. The van der Waals surface area contributed by atoms with Crippen molar-refractivity contribution in [2.24, 2.45) is 5.73 Å². The molecule has 1 aromatic carbocycles.